The molecule has 0 amide bonds. The van der Waals surface area contributed by atoms with E-state index < -0.39 is 0 Å². The second kappa shape index (κ2) is 8.72. The Morgan fingerprint density at radius 3 is 2.56 bits per heavy atom. The van der Waals surface area contributed by atoms with Crippen LogP contribution in [-0.2, 0) is 0 Å². The van der Waals surface area contributed by atoms with E-state index in [1.165, 1.54) is 25.7 Å². The van der Waals surface area contributed by atoms with Crippen LogP contribution in [0.2, 0.25) is 0 Å². The van der Waals surface area contributed by atoms with Crippen LogP contribution in [0.25, 0.3) is 0 Å². The first-order valence-electron chi connectivity index (χ1n) is 6.95. The maximum absolute atomic E-state index is 9.22. The summed E-state index contributed by atoms with van der Waals surface area (Å²) in [6.45, 7) is 5.17. The zero-order chi connectivity index (χ0) is 13.2. The van der Waals surface area contributed by atoms with Gasteiger partial charge in [-0.2, -0.15) is 5.26 Å². The van der Waals surface area contributed by atoms with Crippen molar-refractivity contribution < 1.29 is 0 Å². The van der Waals surface area contributed by atoms with Crippen molar-refractivity contribution in [2.24, 2.45) is 0 Å². The second-order valence-corrected chi connectivity index (χ2v) is 4.90. The van der Waals surface area contributed by atoms with Crippen molar-refractivity contribution in [3.63, 3.8) is 0 Å². The van der Waals surface area contributed by atoms with Gasteiger partial charge >= 0.3 is 0 Å². The highest BCUT2D eigenvalue weighted by Crippen LogP contribution is 2.14. The Bertz CT molecular complexity index is 353. The molecule has 0 spiro atoms. The standard InChI is InChI=1S/C16H24N2/c1-3-4-6-9-14(2)18-13-16(12-17)15-10-7-5-8-11-15/h5,7-8,10-11,14,16,18H,3-4,6,9,13H2,1-2H3. The molecule has 0 saturated carbocycles. The molecule has 1 rings (SSSR count). The first-order chi connectivity index (χ1) is 8.77. The van der Waals surface area contributed by atoms with Gasteiger partial charge < -0.3 is 5.32 Å². The van der Waals surface area contributed by atoms with Crippen molar-refractivity contribution in [2.45, 2.75) is 51.5 Å². The molecule has 18 heavy (non-hydrogen) atoms. The lowest BCUT2D eigenvalue weighted by molar-refractivity contribution is 0.482. The zero-order valence-electron chi connectivity index (χ0n) is 11.5. The summed E-state index contributed by atoms with van der Waals surface area (Å²) in [5, 5.41) is 12.7. The lowest BCUT2D eigenvalue weighted by Gasteiger charge is -2.16. The number of nitrogens with zero attached hydrogens (tertiary/aromatic N) is 1. The fourth-order valence-corrected chi connectivity index (χ4v) is 2.04. The topological polar surface area (TPSA) is 35.8 Å². The molecule has 1 aromatic rings. The summed E-state index contributed by atoms with van der Waals surface area (Å²) < 4.78 is 0. The Morgan fingerprint density at radius 2 is 1.94 bits per heavy atom. The van der Waals surface area contributed by atoms with Gasteiger partial charge in [0.25, 0.3) is 0 Å². The van der Waals surface area contributed by atoms with Crippen LogP contribution < -0.4 is 5.32 Å². The highest BCUT2D eigenvalue weighted by molar-refractivity contribution is 5.25. The number of nitriles is 1. The van der Waals surface area contributed by atoms with Gasteiger partial charge in [0.2, 0.25) is 0 Å². The molecule has 0 radical (unpaired) electrons. The molecule has 1 N–H and O–H groups in total. The predicted molar refractivity (Wildman–Crippen MR) is 76.4 cm³/mol. The first kappa shape index (κ1) is 14.7. The van der Waals surface area contributed by atoms with Crippen LogP contribution in [0.5, 0.6) is 0 Å². The molecule has 2 nitrogen and oxygen atoms in total. The SMILES string of the molecule is CCCCCC(C)NCC(C#N)c1ccccc1. The summed E-state index contributed by atoms with van der Waals surface area (Å²) in [6, 6.07) is 12.9. The van der Waals surface area contributed by atoms with E-state index in [1.807, 2.05) is 30.3 Å². The number of unbranched alkanes of at least 4 members (excludes halogenated alkanes) is 2. The van der Waals surface area contributed by atoms with Crippen LogP contribution in [0.4, 0.5) is 0 Å². The van der Waals surface area contributed by atoms with Crippen molar-refractivity contribution >= 4 is 0 Å². The normalized spacial score (nSPS) is 13.8. The van der Waals surface area contributed by atoms with E-state index in [-0.39, 0.29) is 5.92 Å². The maximum Gasteiger partial charge on any atom is 0.0837 e. The van der Waals surface area contributed by atoms with Gasteiger partial charge in [-0.3, -0.25) is 0 Å². The summed E-state index contributed by atoms with van der Waals surface area (Å²) in [4.78, 5) is 0. The summed E-state index contributed by atoms with van der Waals surface area (Å²) in [7, 11) is 0. The number of hydrogen-bond acceptors (Lipinski definition) is 2. The molecule has 0 aliphatic rings. The molecule has 0 bridgehead atoms. The van der Waals surface area contributed by atoms with Gasteiger partial charge in [0.1, 0.15) is 0 Å². The molecule has 0 aliphatic carbocycles. The molecule has 0 aromatic heterocycles. The van der Waals surface area contributed by atoms with Gasteiger partial charge in [-0.1, -0.05) is 56.5 Å². The Labute approximate surface area is 111 Å². The van der Waals surface area contributed by atoms with E-state index in [0.29, 0.717) is 6.04 Å². The van der Waals surface area contributed by atoms with E-state index in [1.54, 1.807) is 0 Å². The van der Waals surface area contributed by atoms with Crippen molar-refractivity contribution in [2.75, 3.05) is 6.54 Å². The molecule has 2 heteroatoms. The highest BCUT2D eigenvalue weighted by atomic mass is 14.9. The minimum atomic E-state index is -0.0418. The van der Waals surface area contributed by atoms with Crippen molar-refractivity contribution in [3.8, 4) is 6.07 Å². The summed E-state index contributed by atoms with van der Waals surface area (Å²) >= 11 is 0. The Morgan fingerprint density at radius 1 is 1.22 bits per heavy atom. The van der Waals surface area contributed by atoms with E-state index >= 15 is 0 Å². The van der Waals surface area contributed by atoms with E-state index in [2.05, 4.69) is 25.2 Å². The fourth-order valence-electron chi connectivity index (χ4n) is 2.04. The fraction of sp³-hybridized carbons (Fsp3) is 0.562. The van der Waals surface area contributed by atoms with Crippen LogP contribution in [0.15, 0.2) is 30.3 Å². The number of hydrogen-bond donors (Lipinski definition) is 1. The van der Waals surface area contributed by atoms with Crippen molar-refractivity contribution in [1.82, 2.24) is 5.32 Å². The minimum absolute atomic E-state index is 0.0418. The number of nitrogens with one attached hydrogen (secondary N) is 1. The van der Waals surface area contributed by atoms with Crippen LogP contribution in [-0.4, -0.2) is 12.6 Å². The van der Waals surface area contributed by atoms with Crippen LogP contribution >= 0.6 is 0 Å². The molecule has 2 unspecified atom stereocenters. The maximum atomic E-state index is 9.22. The molecule has 1 aromatic carbocycles. The predicted octanol–water partition coefficient (Wildman–Crippen LogP) is 3.85. The average molecular weight is 244 g/mol. The van der Waals surface area contributed by atoms with Gasteiger partial charge in [-0.05, 0) is 18.9 Å². The molecular weight excluding hydrogens is 220 g/mol. The first-order valence-corrected chi connectivity index (χ1v) is 6.95. The van der Waals surface area contributed by atoms with Gasteiger partial charge in [-0.25, -0.2) is 0 Å². The largest absolute Gasteiger partial charge is 0.313 e. The number of benzene rings is 1. The molecular formula is C16H24N2. The van der Waals surface area contributed by atoms with E-state index in [4.69, 9.17) is 0 Å². The summed E-state index contributed by atoms with van der Waals surface area (Å²) in [5.41, 5.74) is 1.10. The molecule has 0 aliphatic heterocycles. The minimum Gasteiger partial charge on any atom is -0.313 e. The highest BCUT2D eigenvalue weighted by Gasteiger charge is 2.11. The molecule has 0 heterocycles. The van der Waals surface area contributed by atoms with Crippen LogP contribution in [0, 0.1) is 11.3 Å². The average Bonchev–Trinajstić information content (AvgIpc) is 2.41. The molecule has 0 saturated heterocycles. The quantitative estimate of drug-likeness (QED) is 0.705. The van der Waals surface area contributed by atoms with Gasteiger partial charge in [-0.15, -0.1) is 0 Å². The van der Waals surface area contributed by atoms with E-state index in [0.717, 1.165) is 12.1 Å². The third-order valence-electron chi connectivity index (χ3n) is 3.27. The Hall–Kier alpha value is -1.33. The van der Waals surface area contributed by atoms with E-state index in [9.17, 15) is 5.26 Å². The molecule has 98 valence electrons. The van der Waals surface area contributed by atoms with Crippen LogP contribution in [0.1, 0.15) is 51.0 Å². The second-order valence-electron chi connectivity index (χ2n) is 4.90. The third kappa shape index (κ3) is 5.33. The van der Waals surface area contributed by atoms with Crippen LogP contribution in [0.3, 0.4) is 0 Å². The van der Waals surface area contributed by atoms with Crippen molar-refractivity contribution in [1.29, 1.82) is 5.26 Å². The smallest absolute Gasteiger partial charge is 0.0837 e. The van der Waals surface area contributed by atoms with Gasteiger partial charge in [0.05, 0.1) is 12.0 Å². The summed E-state index contributed by atoms with van der Waals surface area (Å²) in [6.07, 6.45) is 5.03. The Kier molecular flexibility index (Phi) is 7.13. The lowest BCUT2D eigenvalue weighted by atomic mass is 10.00. The lowest BCUT2D eigenvalue weighted by Crippen LogP contribution is -2.30. The molecule has 0 fully saturated rings. The van der Waals surface area contributed by atoms with Gasteiger partial charge in [0, 0.05) is 12.6 Å². The monoisotopic (exact) mass is 244 g/mol. The number of rotatable bonds is 8. The van der Waals surface area contributed by atoms with Gasteiger partial charge in [0.15, 0.2) is 0 Å². The Balaban J connectivity index is 2.34. The molecule has 2 atom stereocenters. The third-order valence-corrected chi connectivity index (χ3v) is 3.27. The van der Waals surface area contributed by atoms with Crippen molar-refractivity contribution in [3.05, 3.63) is 35.9 Å². The summed E-state index contributed by atoms with van der Waals surface area (Å²) in [5.74, 6) is -0.0418. The zero-order valence-corrected chi connectivity index (χ0v) is 11.5.